The average molecular weight is 257 g/mol. The van der Waals surface area contributed by atoms with Crippen molar-refractivity contribution in [2.45, 2.75) is 51.0 Å². The summed E-state index contributed by atoms with van der Waals surface area (Å²) in [6.07, 6.45) is 10.3. The van der Waals surface area contributed by atoms with Crippen molar-refractivity contribution in [1.82, 2.24) is 0 Å². The number of hydrogen-bond donors (Lipinski definition) is 1. The summed E-state index contributed by atoms with van der Waals surface area (Å²) >= 11 is 0. The van der Waals surface area contributed by atoms with Crippen molar-refractivity contribution in [3.05, 3.63) is 11.6 Å². The van der Waals surface area contributed by atoms with Crippen molar-refractivity contribution in [3.8, 4) is 0 Å². The molecule has 0 aromatic heterocycles. The van der Waals surface area contributed by atoms with Crippen molar-refractivity contribution >= 4 is 9.84 Å². The fourth-order valence-electron chi connectivity index (χ4n) is 2.93. The van der Waals surface area contributed by atoms with E-state index in [1.807, 2.05) is 0 Å². The molecule has 1 aliphatic heterocycles. The van der Waals surface area contributed by atoms with E-state index in [1.54, 1.807) is 0 Å². The van der Waals surface area contributed by atoms with Gasteiger partial charge in [-0.25, -0.2) is 8.42 Å². The quantitative estimate of drug-likeness (QED) is 0.770. The predicted octanol–water partition coefficient (Wildman–Crippen LogP) is 2.03. The van der Waals surface area contributed by atoms with Gasteiger partial charge in [-0.3, -0.25) is 0 Å². The van der Waals surface area contributed by atoms with Gasteiger partial charge >= 0.3 is 0 Å². The summed E-state index contributed by atoms with van der Waals surface area (Å²) in [4.78, 5) is 0. The third-order valence-corrected chi connectivity index (χ3v) is 5.82. The van der Waals surface area contributed by atoms with E-state index in [4.69, 9.17) is 5.73 Å². The Morgan fingerprint density at radius 3 is 2.71 bits per heavy atom. The first-order valence-electron chi connectivity index (χ1n) is 6.73. The van der Waals surface area contributed by atoms with Gasteiger partial charge in [0.05, 0.1) is 11.5 Å². The third kappa shape index (κ3) is 3.55. The summed E-state index contributed by atoms with van der Waals surface area (Å²) in [5.74, 6) is 0.787. The van der Waals surface area contributed by atoms with E-state index in [-0.39, 0.29) is 12.0 Å². The van der Waals surface area contributed by atoms with E-state index in [0.717, 1.165) is 19.3 Å². The maximum Gasteiger partial charge on any atom is 0.150 e. The molecular weight excluding hydrogens is 234 g/mol. The van der Waals surface area contributed by atoms with Gasteiger partial charge in [0.1, 0.15) is 0 Å². The molecule has 98 valence electrons. The number of sulfone groups is 1. The molecular formula is C13H23NO2S. The van der Waals surface area contributed by atoms with Crippen LogP contribution < -0.4 is 5.73 Å². The highest BCUT2D eigenvalue weighted by Gasteiger charge is 2.33. The predicted molar refractivity (Wildman–Crippen MR) is 70.5 cm³/mol. The van der Waals surface area contributed by atoms with Gasteiger partial charge in [-0.1, -0.05) is 24.5 Å². The second kappa shape index (κ2) is 5.53. The van der Waals surface area contributed by atoms with Gasteiger partial charge in [-0.15, -0.1) is 0 Å². The molecule has 2 unspecified atom stereocenters. The van der Waals surface area contributed by atoms with E-state index in [1.165, 1.54) is 31.3 Å². The Kier molecular flexibility index (Phi) is 4.26. The lowest BCUT2D eigenvalue weighted by Crippen LogP contribution is -2.33. The standard InChI is InChI=1S/C13H23NO2S/c14-13(12-8-9-17(15,16)10-12)11-6-4-2-1-3-5-7-11/h6,12-13H,1-5,7-10,14H2. The summed E-state index contributed by atoms with van der Waals surface area (Å²) in [5, 5.41) is 0. The molecule has 1 fully saturated rings. The molecule has 0 spiro atoms. The molecule has 17 heavy (non-hydrogen) atoms. The van der Waals surface area contributed by atoms with Gasteiger partial charge in [0.25, 0.3) is 0 Å². The van der Waals surface area contributed by atoms with E-state index in [0.29, 0.717) is 11.5 Å². The van der Waals surface area contributed by atoms with Crippen LogP contribution in [0.15, 0.2) is 11.6 Å². The monoisotopic (exact) mass is 257 g/mol. The van der Waals surface area contributed by atoms with Crippen LogP contribution in [0.3, 0.4) is 0 Å². The lowest BCUT2D eigenvalue weighted by molar-refractivity contribution is 0.485. The highest BCUT2D eigenvalue weighted by molar-refractivity contribution is 7.91. The first-order chi connectivity index (χ1) is 8.08. The Labute approximate surface area is 104 Å². The molecule has 2 N–H and O–H groups in total. The second-order valence-electron chi connectivity index (χ2n) is 5.42. The lowest BCUT2D eigenvalue weighted by atomic mass is 9.88. The van der Waals surface area contributed by atoms with Crippen molar-refractivity contribution in [2.75, 3.05) is 11.5 Å². The first-order valence-corrected chi connectivity index (χ1v) is 8.55. The molecule has 1 heterocycles. The Hall–Kier alpha value is -0.350. The van der Waals surface area contributed by atoms with Gasteiger partial charge in [0.2, 0.25) is 0 Å². The Morgan fingerprint density at radius 2 is 2.00 bits per heavy atom. The Morgan fingerprint density at radius 1 is 1.24 bits per heavy atom. The van der Waals surface area contributed by atoms with Crippen LogP contribution in [-0.4, -0.2) is 26.0 Å². The van der Waals surface area contributed by atoms with Crippen LogP contribution in [0.1, 0.15) is 44.9 Å². The van der Waals surface area contributed by atoms with Crippen molar-refractivity contribution in [1.29, 1.82) is 0 Å². The van der Waals surface area contributed by atoms with Crippen LogP contribution in [0.4, 0.5) is 0 Å². The molecule has 2 aliphatic rings. The maximum absolute atomic E-state index is 11.5. The van der Waals surface area contributed by atoms with Crippen molar-refractivity contribution in [2.24, 2.45) is 11.7 Å². The van der Waals surface area contributed by atoms with Crippen LogP contribution in [0, 0.1) is 5.92 Å². The number of nitrogens with two attached hydrogens (primary N) is 1. The van der Waals surface area contributed by atoms with Crippen LogP contribution >= 0.6 is 0 Å². The summed E-state index contributed by atoms with van der Waals surface area (Å²) in [7, 11) is -2.80. The zero-order valence-corrected chi connectivity index (χ0v) is 11.2. The minimum atomic E-state index is -2.80. The van der Waals surface area contributed by atoms with Gasteiger partial charge < -0.3 is 5.73 Å². The third-order valence-electron chi connectivity index (χ3n) is 4.03. The van der Waals surface area contributed by atoms with Crippen LogP contribution in [0.5, 0.6) is 0 Å². The molecule has 1 aliphatic carbocycles. The summed E-state index contributed by atoms with van der Waals surface area (Å²) in [6, 6.07) is -0.0228. The topological polar surface area (TPSA) is 60.2 Å². The first kappa shape index (κ1) is 13.1. The van der Waals surface area contributed by atoms with Crippen LogP contribution in [0.2, 0.25) is 0 Å². The van der Waals surface area contributed by atoms with Gasteiger partial charge in [-0.2, -0.15) is 0 Å². The van der Waals surface area contributed by atoms with Gasteiger partial charge in [0, 0.05) is 6.04 Å². The van der Waals surface area contributed by atoms with E-state index < -0.39 is 9.84 Å². The Bertz CT molecular complexity index is 386. The zero-order valence-electron chi connectivity index (χ0n) is 10.4. The molecule has 1 saturated heterocycles. The lowest BCUT2D eigenvalue weighted by Gasteiger charge is -2.23. The highest BCUT2D eigenvalue weighted by Crippen LogP contribution is 2.28. The van der Waals surface area contributed by atoms with E-state index in [9.17, 15) is 8.42 Å². The molecule has 2 rings (SSSR count). The molecule has 3 nitrogen and oxygen atoms in total. The largest absolute Gasteiger partial charge is 0.324 e. The minimum Gasteiger partial charge on any atom is -0.324 e. The normalized spacial score (nSPS) is 31.4. The van der Waals surface area contributed by atoms with Crippen LogP contribution in [0.25, 0.3) is 0 Å². The maximum atomic E-state index is 11.5. The summed E-state index contributed by atoms with van der Waals surface area (Å²) in [5.41, 5.74) is 7.57. The fourth-order valence-corrected chi connectivity index (χ4v) is 4.78. The molecule has 0 saturated carbocycles. The minimum absolute atomic E-state index is 0.0228. The molecule has 4 heteroatoms. The van der Waals surface area contributed by atoms with E-state index >= 15 is 0 Å². The molecule has 0 aromatic rings. The van der Waals surface area contributed by atoms with Crippen molar-refractivity contribution < 1.29 is 8.42 Å². The van der Waals surface area contributed by atoms with E-state index in [2.05, 4.69) is 6.08 Å². The van der Waals surface area contributed by atoms with Crippen molar-refractivity contribution in [3.63, 3.8) is 0 Å². The number of hydrogen-bond acceptors (Lipinski definition) is 3. The van der Waals surface area contributed by atoms with Gasteiger partial charge in [0.15, 0.2) is 9.84 Å². The van der Waals surface area contributed by atoms with Gasteiger partial charge in [-0.05, 0) is 38.0 Å². The molecule has 0 bridgehead atoms. The molecule has 0 radical (unpaired) electrons. The summed E-state index contributed by atoms with van der Waals surface area (Å²) < 4.78 is 23.0. The highest BCUT2D eigenvalue weighted by atomic mass is 32.2. The summed E-state index contributed by atoms with van der Waals surface area (Å²) in [6.45, 7) is 0. The van der Waals surface area contributed by atoms with Crippen LogP contribution in [-0.2, 0) is 9.84 Å². The smallest absolute Gasteiger partial charge is 0.150 e. The second-order valence-corrected chi connectivity index (χ2v) is 7.65. The SMILES string of the molecule is NC(C1=CCCCCCC1)C1CCS(=O)(=O)C1. The molecule has 0 aromatic carbocycles. The Balaban J connectivity index is 2.01. The molecule has 2 atom stereocenters. The molecule has 0 amide bonds. The zero-order chi connectivity index (χ0) is 12.3. The fraction of sp³-hybridized carbons (Fsp3) is 0.846. The number of allylic oxidation sites excluding steroid dienone is 1. The average Bonchev–Trinajstić information content (AvgIpc) is 2.57. The number of rotatable bonds is 2.